The molecule has 1 aliphatic carbocycles. The van der Waals surface area contributed by atoms with Crippen LogP contribution in [0.1, 0.15) is 18.4 Å². The predicted molar refractivity (Wildman–Crippen MR) is 117 cm³/mol. The second kappa shape index (κ2) is 10.1. The van der Waals surface area contributed by atoms with E-state index in [1.165, 1.54) is 22.9 Å². The standard InChI is InChI=1S/C18H27BrN4O.HI/c1-20-17(21-8-9-23-10-12-24-13-11-23)22-14-18(6-7-18)15-4-2-3-5-16(15)19;/h2-5H,6-14H2,1H3,(H2,20,21,22);1H. The average Bonchev–Trinajstić information content (AvgIpc) is 3.40. The molecule has 1 saturated heterocycles. The number of hydrogen-bond donors (Lipinski definition) is 2. The summed E-state index contributed by atoms with van der Waals surface area (Å²) in [5, 5.41) is 6.94. The molecular weight excluding hydrogens is 495 g/mol. The van der Waals surface area contributed by atoms with Crippen molar-refractivity contribution in [2.24, 2.45) is 4.99 Å². The van der Waals surface area contributed by atoms with Crippen molar-refractivity contribution in [1.29, 1.82) is 0 Å². The van der Waals surface area contributed by atoms with Gasteiger partial charge in [-0.05, 0) is 24.5 Å². The van der Waals surface area contributed by atoms with Crippen LogP contribution in [0.25, 0.3) is 0 Å². The maximum Gasteiger partial charge on any atom is 0.191 e. The number of rotatable bonds is 6. The van der Waals surface area contributed by atoms with Gasteiger partial charge in [0.15, 0.2) is 5.96 Å². The predicted octanol–water partition coefficient (Wildman–Crippen LogP) is 2.60. The van der Waals surface area contributed by atoms with E-state index in [9.17, 15) is 0 Å². The van der Waals surface area contributed by atoms with Crippen molar-refractivity contribution in [1.82, 2.24) is 15.5 Å². The maximum atomic E-state index is 5.38. The molecule has 2 N–H and O–H groups in total. The van der Waals surface area contributed by atoms with E-state index in [0.29, 0.717) is 0 Å². The van der Waals surface area contributed by atoms with Crippen LogP contribution in [0, 0.1) is 0 Å². The molecule has 0 amide bonds. The van der Waals surface area contributed by atoms with Gasteiger partial charge in [0.2, 0.25) is 0 Å². The second-order valence-electron chi connectivity index (χ2n) is 6.57. The van der Waals surface area contributed by atoms with Gasteiger partial charge in [0.25, 0.3) is 0 Å². The highest BCUT2D eigenvalue weighted by molar-refractivity contribution is 14.0. The molecule has 5 nitrogen and oxygen atoms in total. The van der Waals surface area contributed by atoms with Gasteiger partial charge < -0.3 is 15.4 Å². The molecule has 0 unspecified atom stereocenters. The average molecular weight is 523 g/mol. The Morgan fingerprint density at radius 3 is 2.60 bits per heavy atom. The topological polar surface area (TPSA) is 48.9 Å². The van der Waals surface area contributed by atoms with Gasteiger partial charge in [0.1, 0.15) is 0 Å². The summed E-state index contributed by atoms with van der Waals surface area (Å²) < 4.78 is 6.59. The third-order valence-electron chi connectivity index (χ3n) is 4.94. The van der Waals surface area contributed by atoms with E-state index in [1.54, 1.807) is 0 Å². The number of ether oxygens (including phenoxy) is 1. The van der Waals surface area contributed by atoms with Crippen LogP contribution in [0.15, 0.2) is 33.7 Å². The SMILES string of the molecule is CN=C(NCCN1CCOCC1)NCC1(c2ccccc2Br)CC1.I. The molecule has 0 spiro atoms. The molecule has 25 heavy (non-hydrogen) atoms. The zero-order valence-electron chi connectivity index (χ0n) is 14.8. The lowest BCUT2D eigenvalue weighted by molar-refractivity contribution is 0.0389. The third-order valence-corrected chi connectivity index (χ3v) is 5.63. The van der Waals surface area contributed by atoms with Crippen LogP contribution in [0.2, 0.25) is 0 Å². The first-order valence-electron chi connectivity index (χ1n) is 8.73. The number of nitrogens with zero attached hydrogens (tertiary/aromatic N) is 2. The lowest BCUT2D eigenvalue weighted by atomic mass is 9.96. The molecule has 0 radical (unpaired) electrons. The summed E-state index contributed by atoms with van der Waals surface area (Å²) in [5.41, 5.74) is 1.66. The van der Waals surface area contributed by atoms with Crippen molar-refractivity contribution >= 4 is 45.9 Å². The molecule has 7 heteroatoms. The zero-order chi connectivity index (χ0) is 16.8. The molecule has 1 saturated carbocycles. The molecule has 1 aromatic rings. The lowest BCUT2D eigenvalue weighted by Crippen LogP contribution is -2.45. The van der Waals surface area contributed by atoms with Gasteiger partial charge in [-0.1, -0.05) is 34.1 Å². The van der Waals surface area contributed by atoms with Gasteiger partial charge in [0.05, 0.1) is 13.2 Å². The van der Waals surface area contributed by atoms with Gasteiger partial charge in [0, 0.05) is 49.7 Å². The summed E-state index contributed by atoms with van der Waals surface area (Å²) in [6.07, 6.45) is 2.46. The minimum atomic E-state index is 0. The molecule has 2 aliphatic rings. The van der Waals surface area contributed by atoms with Gasteiger partial charge in [-0.2, -0.15) is 0 Å². The van der Waals surface area contributed by atoms with E-state index in [0.717, 1.165) is 51.9 Å². The van der Waals surface area contributed by atoms with Crippen molar-refractivity contribution in [3.8, 4) is 0 Å². The Hall–Kier alpha value is -0.380. The molecule has 140 valence electrons. The fraction of sp³-hybridized carbons (Fsp3) is 0.611. The molecule has 3 rings (SSSR count). The van der Waals surface area contributed by atoms with E-state index in [4.69, 9.17) is 4.74 Å². The zero-order valence-corrected chi connectivity index (χ0v) is 18.7. The fourth-order valence-corrected chi connectivity index (χ4v) is 3.92. The number of nitrogens with one attached hydrogen (secondary N) is 2. The molecule has 0 bridgehead atoms. The smallest absolute Gasteiger partial charge is 0.191 e. The van der Waals surface area contributed by atoms with Gasteiger partial charge in [-0.15, -0.1) is 24.0 Å². The van der Waals surface area contributed by atoms with Gasteiger partial charge in [-0.25, -0.2) is 0 Å². The van der Waals surface area contributed by atoms with Crippen molar-refractivity contribution < 1.29 is 4.74 Å². The van der Waals surface area contributed by atoms with Crippen molar-refractivity contribution in [2.75, 3.05) is 53.0 Å². The minimum Gasteiger partial charge on any atom is -0.379 e. The van der Waals surface area contributed by atoms with Crippen molar-refractivity contribution in [3.05, 3.63) is 34.3 Å². The first-order chi connectivity index (χ1) is 11.7. The van der Waals surface area contributed by atoms with Crippen LogP contribution < -0.4 is 10.6 Å². The largest absolute Gasteiger partial charge is 0.379 e. The number of morpholine rings is 1. The Bertz CT molecular complexity index is 574. The van der Waals surface area contributed by atoms with Crippen LogP contribution in [0.4, 0.5) is 0 Å². The first kappa shape index (κ1) is 20.9. The Labute approximate surface area is 176 Å². The number of aliphatic imine (C=N–C) groups is 1. The lowest BCUT2D eigenvalue weighted by Gasteiger charge is -2.27. The summed E-state index contributed by atoms with van der Waals surface area (Å²) in [4.78, 5) is 6.78. The summed E-state index contributed by atoms with van der Waals surface area (Å²) in [5.74, 6) is 0.890. The van der Waals surface area contributed by atoms with Crippen molar-refractivity contribution in [2.45, 2.75) is 18.3 Å². The second-order valence-corrected chi connectivity index (χ2v) is 7.42. The third kappa shape index (κ3) is 5.80. The number of guanidine groups is 1. The summed E-state index contributed by atoms with van der Waals surface area (Å²) in [6.45, 7) is 6.61. The highest BCUT2D eigenvalue weighted by Gasteiger charge is 2.45. The van der Waals surface area contributed by atoms with Crippen LogP contribution >= 0.6 is 39.9 Å². The molecule has 2 fully saturated rings. The van der Waals surface area contributed by atoms with Gasteiger partial charge >= 0.3 is 0 Å². The Balaban J connectivity index is 0.00000225. The normalized spacial score (nSPS) is 19.8. The van der Waals surface area contributed by atoms with Crippen LogP contribution in [0.3, 0.4) is 0 Å². The Morgan fingerprint density at radius 1 is 1.24 bits per heavy atom. The molecule has 0 aromatic heterocycles. The van der Waals surface area contributed by atoms with Gasteiger partial charge in [-0.3, -0.25) is 9.89 Å². The Morgan fingerprint density at radius 2 is 1.96 bits per heavy atom. The van der Waals surface area contributed by atoms with E-state index in [2.05, 4.69) is 60.7 Å². The molecular formula is C18H28BrIN4O. The van der Waals surface area contributed by atoms with E-state index >= 15 is 0 Å². The summed E-state index contributed by atoms with van der Waals surface area (Å²) >= 11 is 3.69. The number of hydrogen-bond acceptors (Lipinski definition) is 3. The monoisotopic (exact) mass is 522 g/mol. The summed E-state index contributed by atoms with van der Waals surface area (Å²) in [6, 6.07) is 8.55. The molecule has 1 aromatic carbocycles. The number of benzene rings is 1. The highest BCUT2D eigenvalue weighted by atomic mass is 127. The first-order valence-corrected chi connectivity index (χ1v) is 9.52. The van der Waals surface area contributed by atoms with E-state index in [1.807, 2.05) is 7.05 Å². The Kier molecular flexibility index (Phi) is 8.44. The van der Waals surface area contributed by atoms with E-state index < -0.39 is 0 Å². The maximum absolute atomic E-state index is 5.38. The van der Waals surface area contributed by atoms with Crippen LogP contribution in [0.5, 0.6) is 0 Å². The van der Waals surface area contributed by atoms with Crippen LogP contribution in [-0.4, -0.2) is 63.8 Å². The fourth-order valence-electron chi connectivity index (χ4n) is 3.21. The molecule has 1 heterocycles. The van der Waals surface area contributed by atoms with Crippen molar-refractivity contribution in [3.63, 3.8) is 0 Å². The highest BCUT2D eigenvalue weighted by Crippen LogP contribution is 2.49. The summed E-state index contributed by atoms with van der Waals surface area (Å²) in [7, 11) is 1.84. The quantitative estimate of drug-likeness (QED) is 0.342. The van der Waals surface area contributed by atoms with E-state index in [-0.39, 0.29) is 29.4 Å². The number of halogens is 2. The van der Waals surface area contributed by atoms with Crippen LogP contribution in [-0.2, 0) is 10.2 Å². The molecule has 1 aliphatic heterocycles. The molecule has 0 atom stereocenters. The minimum absolute atomic E-state index is 0.